The number of imide groups is 1. The lowest BCUT2D eigenvalue weighted by atomic mass is 10.2. The summed E-state index contributed by atoms with van der Waals surface area (Å²) in [5, 5.41) is 4.39. The first-order chi connectivity index (χ1) is 17.6. The van der Waals surface area contributed by atoms with E-state index in [1.54, 1.807) is 51.5 Å². The number of rotatable bonds is 14. The molecule has 0 bridgehead atoms. The van der Waals surface area contributed by atoms with Crippen LogP contribution in [0.1, 0.15) is 23.7 Å². The largest absolute Gasteiger partial charge is 0.465 e. The van der Waals surface area contributed by atoms with Gasteiger partial charge in [0.05, 0.1) is 26.4 Å². The fourth-order valence-corrected chi connectivity index (χ4v) is 3.35. The minimum absolute atomic E-state index is 0.00345. The molecule has 0 aliphatic heterocycles. The number of aldehydes is 1. The molecule has 0 saturated carbocycles. The number of ether oxygens (including phenoxy) is 3. The van der Waals surface area contributed by atoms with Gasteiger partial charge in [0, 0.05) is 47.7 Å². The van der Waals surface area contributed by atoms with Gasteiger partial charge in [0.15, 0.2) is 0 Å². The highest BCUT2D eigenvalue weighted by Gasteiger charge is 2.29. The Morgan fingerprint density at radius 3 is 2.22 bits per heavy atom. The maximum atomic E-state index is 12.8. The van der Waals surface area contributed by atoms with Crippen LogP contribution in [0.2, 0.25) is 0 Å². The summed E-state index contributed by atoms with van der Waals surface area (Å²) < 4.78 is 37.6. The van der Waals surface area contributed by atoms with Gasteiger partial charge in [0.2, 0.25) is 6.41 Å². The lowest BCUT2D eigenvalue weighted by Gasteiger charge is -2.22. The Hall–Kier alpha value is -3.09. The van der Waals surface area contributed by atoms with Gasteiger partial charge >= 0.3 is 13.7 Å². The summed E-state index contributed by atoms with van der Waals surface area (Å²) in [5.74, 6) is -1.03. The second kappa shape index (κ2) is 22.1. The molecule has 37 heavy (non-hydrogen) atoms. The molecule has 0 spiro atoms. The van der Waals surface area contributed by atoms with Crippen LogP contribution in [-0.2, 0) is 37.7 Å². The number of hydrogen-bond donors (Lipinski definition) is 2. The molecule has 2 unspecified atom stereocenters. The molecule has 2 amide bonds. The third-order valence-electron chi connectivity index (χ3n) is 3.82. The van der Waals surface area contributed by atoms with Crippen LogP contribution in [0.5, 0.6) is 5.75 Å². The summed E-state index contributed by atoms with van der Waals surface area (Å²) >= 11 is 0. The van der Waals surface area contributed by atoms with E-state index in [2.05, 4.69) is 14.6 Å². The van der Waals surface area contributed by atoms with Crippen molar-refractivity contribution in [1.29, 1.82) is 0 Å². The van der Waals surface area contributed by atoms with Crippen molar-refractivity contribution >= 4 is 32.3 Å². The number of para-hydroxylation sites is 1. The monoisotopic (exact) mass is 547 g/mol. The van der Waals surface area contributed by atoms with Crippen molar-refractivity contribution in [3.05, 3.63) is 42.1 Å². The Labute approximate surface area is 218 Å². The van der Waals surface area contributed by atoms with E-state index >= 15 is 0 Å². The van der Waals surface area contributed by atoms with Gasteiger partial charge in [-0.15, -0.1) is 0 Å². The summed E-state index contributed by atoms with van der Waals surface area (Å²) in [6, 6.07) is 6.14. The van der Waals surface area contributed by atoms with Crippen molar-refractivity contribution in [3.8, 4) is 5.75 Å². The second-order valence-corrected chi connectivity index (χ2v) is 8.73. The maximum absolute atomic E-state index is 12.8. The lowest BCUT2D eigenvalue weighted by molar-refractivity contribution is -0.121. The third-order valence-corrected chi connectivity index (χ3v) is 5.32. The number of amides is 2. The predicted molar refractivity (Wildman–Crippen MR) is 137 cm³/mol. The quantitative estimate of drug-likeness (QED) is 0.151. The topological polar surface area (TPSA) is 159 Å². The van der Waals surface area contributed by atoms with Crippen molar-refractivity contribution in [2.24, 2.45) is 0 Å². The van der Waals surface area contributed by atoms with Gasteiger partial charge in [-0.3, -0.25) is 19.4 Å². The highest BCUT2D eigenvalue weighted by molar-refractivity contribution is 7.52. The molecule has 0 aromatic heterocycles. The number of carbonyl (C=O) groups is 4. The standard InChI is InChI=1S/C15H22NO7P.C6H10N2O2.C2H6O/c1-4-12(20-2)11-22-24(19,16-9-10-17)23-14-8-6-5-7-13(14)15(18)21-3;1-8(2)4-3-6(10)7-5-9;1-3-2/h5-8,10,12H,4,9,11H2,1-3H3,(H,16,19);3-5H,1-2H3,(H,7,9,10);1-2H3/b;4-3-;. The minimum Gasteiger partial charge on any atom is -0.465 e. The first kappa shape index (κ1) is 36.1. The number of carbonyl (C=O) groups excluding carboxylic acids is 4. The summed E-state index contributed by atoms with van der Waals surface area (Å²) in [6.45, 7) is 1.65. The Morgan fingerprint density at radius 2 is 1.73 bits per heavy atom. The highest BCUT2D eigenvalue weighted by Crippen LogP contribution is 2.45. The van der Waals surface area contributed by atoms with Crippen LogP contribution in [0.15, 0.2) is 36.5 Å². The van der Waals surface area contributed by atoms with E-state index in [-0.39, 0.29) is 30.6 Å². The third kappa shape index (κ3) is 17.9. The summed E-state index contributed by atoms with van der Waals surface area (Å²) in [7, 11) is 5.67. The van der Waals surface area contributed by atoms with Gasteiger partial charge in [-0.1, -0.05) is 19.1 Å². The maximum Gasteiger partial charge on any atom is 0.459 e. The van der Waals surface area contributed by atoms with Crippen LogP contribution in [0, 0.1) is 0 Å². The zero-order chi connectivity index (χ0) is 28.7. The van der Waals surface area contributed by atoms with E-state index in [9.17, 15) is 23.7 Å². The molecule has 13 nitrogen and oxygen atoms in total. The molecule has 0 saturated heterocycles. The molecule has 2 N–H and O–H groups in total. The zero-order valence-corrected chi connectivity index (χ0v) is 23.2. The Balaban J connectivity index is 0. The van der Waals surface area contributed by atoms with Crippen LogP contribution in [0.3, 0.4) is 0 Å². The van der Waals surface area contributed by atoms with Gasteiger partial charge < -0.3 is 28.4 Å². The SMILES string of the molecule is CCC(COP(=O)(NCC=O)Oc1ccccc1C(=O)OC)OC.CN(C)/C=C\C(=O)NC=O.COC. The van der Waals surface area contributed by atoms with E-state index in [0.29, 0.717) is 19.1 Å². The van der Waals surface area contributed by atoms with Gasteiger partial charge in [-0.25, -0.2) is 14.4 Å². The molecule has 210 valence electrons. The average Bonchev–Trinajstić information content (AvgIpc) is 2.88. The number of benzene rings is 1. The highest BCUT2D eigenvalue weighted by atomic mass is 31.2. The average molecular weight is 548 g/mol. The number of nitrogens with one attached hydrogen (secondary N) is 2. The van der Waals surface area contributed by atoms with Crippen molar-refractivity contribution in [3.63, 3.8) is 0 Å². The minimum atomic E-state index is -3.88. The summed E-state index contributed by atoms with van der Waals surface area (Å²) in [6.07, 6.45) is 4.06. The van der Waals surface area contributed by atoms with Crippen LogP contribution in [0.4, 0.5) is 0 Å². The molecule has 0 fully saturated rings. The predicted octanol–water partition coefficient (Wildman–Crippen LogP) is 1.79. The normalized spacial score (nSPS) is 12.4. The Morgan fingerprint density at radius 1 is 1.11 bits per heavy atom. The molecule has 14 heteroatoms. The van der Waals surface area contributed by atoms with Crippen LogP contribution in [-0.4, -0.2) is 91.3 Å². The molecule has 1 rings (SSSR count). The number of esters is 1. The Bertz CT molecular complexity index is 876. The second-order valence-electron chi connectivity index (χ2n) is 6.98. The lowest BCUT2D eigenvalue weighted by Crippen LogP contribution is -2.24. The van der Waals surface area contributed by atoms with Crippen molar-refractivity contribution in [2.45, 2.75) is 19.4 Å². The van der Waals surface area contributed by atoms with E-state index in [1.807, 2.05) is 12.2 Å². The summed E-state index contributed by atoms with van der Waals surface area (Å²) in [5.41, 5.74) is 0.0931. The van der Waals surface area contributed by atoms with Gasteiger partial charge in [-0.05, 0) is 18.6 Å². The molecule has 0 radical (unpaired) electrons. The van der Waals surface area contributed by atoms with Crippen LogP contribution < -0.4 is 14.9 Å². The molecule has 0 aliphatic rings. The molecule has 2 atom stereocenters. The fraction of sp³-hybridized carbons (Fsp3) is 0.478. The molecular weight excluding hydrogens is 509 g/mol. The molecule has 1 aromatic rings. The molecule has 1 aromatic carbocycles. The van der Waals surface area contributed by atoms with Crippen molar-refractivity contribution < 1.29 is 47.0 Å². The molecular formula is C23H38N3O10P. The van der Waals surface area contributed by atoms with Crippen molar-refractivity contribution in [1.82, 2.24) is 15.3 Å². The van der Waals surface area contributed by atoms with Gasteiger partial charge in [0.25, 0.3) is 5.91 Å². The van der Waals surface area contributed by atoms with Crippen molar-refractivity contribution in [2.75, 3.05) is 55.7 Å². The van der Waals surface area contributed by atoms with E-state index in [1.165, 1.54) is 32.4 Å². The number of methoxy groups -OCH3 is 3. The zero-order valence-electron chi connectivity index (χ0n) is 22.3. The fourth-order valence-electron chi connectivity index (χ4n) is 2.06. The van der Waals surface area contributed by atoms with Crippen LogP contribution >= 0.6 is 7.75 Å². The molecule has 0 heterocycles. The van der Waals surface area contributed by atoms with E-state index in [4.69, 9.17) is 13.8 Å². The van der Waals surface area contributed by atoms with Gasteiger partial charge in [-0.2, -0.15) is 0 Å². The number of nitrogens with zero attached hydrogens (tertiary/aromatic N) is 1. The van der Waals surface area contributed by atoms with E-state index in [0.717, 1.165) is 0 Å². The van der Waals surface area contributed by atoms with Gasteiger partial charge in [0.1, 0.15) is 17.6 Å². The first-order valence-electron chi connectivity index (χ1n) is 10.9. The number of hydrogen-bond acceptors (Lipinski definition) is 11. The smallest absolute Gasteiger partial charge is 0.459 e. The molecule has 0 aliphatic carbocycles. The first-order valence-corrected chi connectivity index (χ1v) is 12.4. The van der Waals surface area contributed by atoms with E-state index < -0.39 is 19.6 Å². The summed E-state index contributed by atoms with van der Waals surface area (Å²) in [4.78, 5) is 44.2. The Kier molecular flexibility index (Phi) is 21.6. The van der Waals surface area contributed by atoms with Crippen LogP contribution in [0.25, 0.3) is 0 Å².